The van der Waals surface area contributed by atoms with Crippen LogP contribution in [0.25, 0.3) is 0 Å². The Hall–Kier alpha value is -2.20. The van der Waals surface area contributed by atoms with E-state index in [1.165, 1.54) is 13.0 Å². The Morgan fingerprint density at radius 2 is 1.55 bits per heavy atom. The van der Waals surface area contributed by atoms with Crippen LogP contribution in [0.15, 0.2) is 12.3 Å². The molecular formula is C29H46NO21-. The summed E-state index contributed by atoms with van der Waals surface area (Å²) in [5.74, 6) is -6.12. The molecule has 3 fully saturated rings. The molecule has 3 saturated heterocycles. The minimum absolute atomic E-state index is 0.742. The van der Waals surface area contributed by atoms with Gasteiger partial charge in [0.25, 0.3) is 0 Å². The second kappa shape index (κ2) is 17.3. The molecule has 17 unspecified atom stereocenters. The summed E-state index contributed by atoms with van der Waals surface area (Å²) in [5.41, 5.74) is 0. The fourth-order valence-corrected chi connectivity index (χ4v) is 6.26. The van der Waals surface area contributed by atoms with E-state index in [1.54, 1.807) is 0 Å². The second-order valence-corrected chi connectivity index (χ2v) is 12.7. The van der Waals surface area contributed by atoms with E-state index >= 15 is 0 Å². The monoisotopic (exact) mass is 744 g/mol. The average Bonchev–Trinajstić information content (AvgIpc) is 3.09. The highest BCUT2D eigenvalue weighted by molar-refractivity contribution is 5.75. The first-order valence-electron chi connectivity index (χ1n) is 16.0. The Balaban J connectivity index is 1.62. The summed E-state index contributed by atoms with van der Waals surface area (Å²) >= 11 is 0. The third kappa shape index (κ3) is 8.79. The first-order chi connectivity index (χ1) is 24.0. The first-order valence-corrected chi connectivity index (χ1v) is 16.0. The van der Waals surface area contributed by atoms with Crippen molar-refractivity contribution in [3.8, 4) is 0 Å². The van der Waals surface area contributed by atoms with E-state index in [-0.39, 0.29) is 0 Å². The Morgan fingerprint density at radius 1 is 0.902 bits per heavy atom. The number of carboxylic acids is 1. The van der Waals surface area contributed by atoms with Crippen molar-refractivity contribution < 1.29 is 104 Å². The maximum Gasteiger partial charge on any atom is 0.217 e. The van der Waals surface area contributed by atoms with Crippen LogP contribution in [0.5, 0.6) is 0 Å². The molecule has 4 rings (SSSR count). The average molecular weight is 745 g/mol. The van der Waals surface area contributed by atoms with E-state index in [0.29, 0.717) is 0 Å². The normalized spacial score (nSPS) is 45.7. The van der Waals surface area contributed by atoms with Crippen LogP contribution in [0.2, 0.25) is 0 Å². The second-order valence-electron chi connectivity index (χ2n) is 12.7. The van der Waals surface area contributed by atoms with Crippen LogP contribution in [0.1, 0.15) is 20.3 Å². The molecule has 0 radical (unpaired) electrons. The van der Waals surface area contributed by atoms with Crippen LogP contribution in [0.4, 0.5) is 0 Å². The zero-order valence-corrected chi connectivity index (χ0v) is 27.4. The Morgan fingerprint density at radius 3 is 2.14 bits per heavy atom. The first kappa shape index (κ1) is 41.6. The van der Waals surface area contributed by atoms with E-state index in [2.05, 4.69) is 5.32 Å². The predicted octanol–water partition coefficient (Wildman–Crippen LogP) is -8.87. The maximum atomic E-state index is 12.6. The van der Waals surface area contributed by atoms with Gasteiger partial charge < -0.3 is 105 Å². The molecule has 0 spiro atoms. The van der Waals surface area contributed by atoms with E-state index in [9.17, 15) is 70.9 Å². The number of nitrogens with one attached hydrogen (secondary N) is 1. The fourth-order valence-electron chi connectivity index (χ4n) is 6.26. The number of carboxylic acid groups (broad SMARTS) is 1. The third-order valence-corrected chi connectivity index (χ3v) is 9.10. The molecule has 4 heterocycles. The van der Waals surface area contributed by atoms with Gasteiger partial charge in [-0.25, -0.2) is 0 Å². The van der Waals surface area contributed by atoms with Gasteiger partial charge in [0.2, 0.25) is 11.7 Å². The van der Waals surface area contributed by atoms with Gasteiger partial charge in [-0.15, -0.1) is 0 Å². The summed E-state index contributed by atoms with van der Waals surface area (Å²) in [4.78, 5) is 24.5. The van der Waals surface area contributed by atoms with Gasteiger partial charge in [-0.1, -0.05) is 0 Å². The van der Waals surface area contributed by atoms with Crippen LogP contribution < -0.4 is 10.4 Å². The predicted molar refractivity (Wildman–Crippen MR) is 156 cm³/mol. The van der Waals surface area contributed by atoms with Crippen molar-refractivity contribution in [2.75, 3.05) is 19.8 Å². The molecule has 4 aliphatic heterocycles. The van der Waals surface area contributed by atoms with E-state index in [4.69, 9.17) is 33.2 Å². The van der Waals surface area contributed by atoms with Gasteiger partial charge in [-0.3, -0.25) is 4.79 Å². The number of carbonyl (C=O) groups is 2. The van der Waals surface area contributed by atoms with Gasteiger partial charge in [0, 0.05) is 13.3 Å². The van der Waals surface area contributed by atoms with Gasteiger partial charge in [-0.2, -0.15) is 0 Å². The molecule has 294 valence electrons. The lowest BCUT2D eigenvalue weighted by atomic mass is 9.88. The Kier molecular flexibility index (Phi) is 14.1. The molecule has 4 aliphatic rings. The van der Waals surface area contributed by atoms with Crippen molar-refractivity contribution in [2.45, 2.75) is 136 Å². The maximum absolute atomic E-state index is 12.6. The van der Waals surface area contributed by atoms with E-state index in [1.807, 2.05) is 0 Å². The highest BCUT2D eigenvalue weighted by atomic mass is 16.8. The zero-order valence-electron chi connectivity index (χ0n) is 27.4. The number of hydrogen-bond donors (Lipinski definition) is 12. The number of ether oxygens (including phenoxy) is 7. The van der Waals surface area contributed by atoms with Crippen molar-refractivity contribution in [2.24, 2.45) is 0 Å². The van der Waals surface area contributed by atoms with Gasteiger partial charge in [0.15, 0.2) is 12.6 Å². The molecule has 0 aromatic rings. The molecule has 19 atom stereocenters. The molecule has 0 aliphatic carbocycles. The lowest BCUT2D eigenvalue weighted by Crippen LogP contribution is -2.72. The summed E-state index contributed by atoms with van der Waals surface area (Å²) < 4.78 is 39.2. The standard InChI is InChI=1S/C29H47NO21/c1-9-17(37)20(40)21(41)26(46-9)47-13-3-4-45-15(8-33)23(13)49-27-22(42)25(19(39)14(7-32)48-27)51-29(28(43)44)5-11(35)16(30-10(2)34)24(50-29)18(38)12(36)6-31/h3-4,9,11-27,31-33,35-42H,5-8H2,1-2H3,(H,30,34)(H,43,44)/p-1/t9?,11?,12?,13?,14?,15?,16?,17?,18?,19?,20?,21?,22?,23?,24?,25?,26?,27-,29-/m0/s1. The zero-order chi connectivity index (χ0) is 37.9. The number of carbonyl (C=O) groups excluding carboxylic acids is 2. The molecule has 0 bridgehead atoms. The molecule has 22 heteroatoms. The van der Waals surface area contributed by atoms with E-state index < -0.39 is 154 Å². The molecule has 22 nitrogen and oxygen atoms in total. The molecular weight excluding hydrogens is 698 g/mol. The van der Waals surface area contributed by atoms with Crippen molar-refractivity contribution >= 4 is 11.9 Å². The van der Waals surface area contributed by atoms with Crippen LogP contribution in [0.3, 0.4) is 0 Å². The molecule has 0 aromatic carbocycles. The fraction of sp³-hybridized carbons (Fsp3) is 0.862. The highest BCUT2D eigenvalue weighted by Gasteiger charge is 2.57. The number of aliphatic hydroxyl groups excluding tert-OH is 11. The summed E-state index contributed by atoms with van der Waals surface area (Å²) in [6.45, 7) is -0.352. The van der Waals surface area contributed by atoms with Gasteiger partial charge in [0.1, 0.15) is 85.3 Å². The summed E-state index contributed by atoms with van der Waals surface area (Å²) in [7, 11) is 0. The minimum atomic E-state index is -3.14. The van der Waals surface area contributed by atoms with Crippen molar-refractivity contribution in [3.05, 3.63) is 12.3 Å². The minimum Gasteiger partial charge on any atom is -0.544 e. The van der Waals surface area contributed by atoms with Gasteiger partial charge in [-0.05, 0) is 13.0 Å². The third-order valence-electron chi connectivity index (χ3n) is 9.10. The number of amides is 1. The smallest absolute Gasteiger partial charge is 0.217 e. The SMILES string of the molecule is CC(=O)NC1C(O)C[C@](OC2C(O)C(CO)O[C@@H](OC3C(OC4OC(C)C(O)C(O)C4O)C=COC3CO)C2O)(C(=O)[O-])OC1C(O)C(O)CO. The van der Waals surface area contributed by atoms with Gasteiger partial charge in [0.05, 0.1) is 44.3 Å². The van der Waals surface area contributed by atoms with Crippen LogP contribution in [-0.4, -0.2) is 204 Å². The van der Waals surface area contributed by atoms with Crippen LogP contribution in [0, 0.1) is 0 Å². The number of hydrogen-bond acceptors (Lipinski definition) is 21. The summed E-state index contributed by atoms with van der Waals surface area (Å²) in [6.07, 6.45) is -28.3. The molecule has 0 saturated carbocycles. The van der Waals surface area contributed by atoms with Crippen LogP contribution in [-0.2, 0) is 42.7 Å². The Labute approximate surface area is 289 Å². The Bertz CT molecular complexity index is 1200. The summed E-state index contributed by atoms with van der Waals surface area (Å²) in [6, 6.07) is -1.58. The van der Waals surface area contributed by atoms with E-state index in [0.717, 1.165) is 13.2 Å². The van der Waals surface area contributed by atoms with Crippen molar-refractivity contribution in [1.29, 1.82) is 0 Å². The topological polar surface area (TPSA) is 356 Å². The largest absolute Gasteiger partial charge is 0.544 e. The van der Waals surface area contributed by atoms with Crippen molar-refractivity contribution in [3.63, 3.8) is 0 Å². The highest BCUT2D eigenvalue weighted by Crippen LogP contribution is 2.38. The number of rotatable bonds is 13. The number of aliphatic carboxylic acids is 1. The lowest BCUT2D eigenvalue weighted by Gasteiger charge is -2.52. The quantitative estimate of drug-likeness (QED) is 0.0833. The molecule has 0 aromatic heterocycles. The molecule has 12 N–H and O–H groups in total. The number of aliphatic hydroxyl groups is 11. The van der Waals surface area contributed by atoms with Crippen molar-refractivity contribution in [1.82, 2.24) is 5.32 Å². The molecule has 51 heavy (non-hydrogen) atoms. The summed E-state index contributed by atoms with van der Waals surface area (Å²) in [5, 5.41) is 129. The lowest BCUT2D eigenvalue weighted by molar-refractivity contribution is -0.409. The molecule has 1 amide bonds. The van der Waals surface area contributed by atoms with Gasteiger partial charge >= 0.3 is 0 Å². The van der Waals surface area contributed by atoms with Crippen LogP contribution >= 0.6 is 0 Å².